The molecule has 0 aliphatic rings. The van der Waals surface area contributed by atoms with Gasteiger partial charge in [-0.3, -0.25) is 9.78 Å². The second kappa shape index (κ2) is 8.45. The van der Waals surface area contributed by atoms with Crippen LogP contribution in [0.2, 0.25) is 0 Å². The highest BCUT2D eigenvalue weighted by Gasteiger charge is 2.10. The Morgan fingerprint density at radius 2 is 1.92 bits per heavy atom. The fraction of sp³-hybridized carbons (Fsp3) is 0.238. The van der Waals surface area contributed by atoms with Crippen molar-refractivity contribution < 1.29 is 14.3 Å². The molecule has 5 heteroatoms. The molecule has 0 saturated carbocycles. The van der Waals surface area contributed by atoms with Gasteiger partial charge in [0.05, 0.1) is 11.7 Å². The first-order valence-corrected chi connectivity index (χ1v) is 8.74. The largest absolute Gasteiger partial charge is 0.463 e. The number of hydrogen-bond acceptors (Lipinski definition) is 4. The molecule has 1 N–H and O–H groups in total. The van der Waals surface area contributed by atoms with Crippen molar-refractivity contribution in [1.29, 1.82) is 0 Å². The van der Waals surface area contributed by atoms with Gasteiger partial charge in [0.25, 0.3) is 5.91 Å². The van der Waals surface area contributed by atoms with Crippen molar-refractivity contribution in [2.75, 3.05) is 11.9 Å². The van der Waals surface area contributed by atoms with Crippen molar-refractivity contribution in [2.24, 2.45) is 0 Å². The maximum Gasteiger partial charge on any atom is 0.255 e. The highest BCUT2D eigenvalue weighted by Crippen LogP contribution is 2.22. The van der Waals surface area contributed by atoms with Crippen LogP contribution in [0.3, 0.4) is 0 Å². The summed E-state index contributed by atoms with van der Waals surface area (Å²) in [6.07, 6.45) is 2.11. The summed E-state index contributed by atoms with van der Waals surface area (Å²) in [6.45, 7) is 4.52. The molecular formula is C21H22N2O3. The zero-order valence-electron chi connectivity index (χ0n) is 14.9. The number of ether oxygens (including phenoxy) is 2. The van der Waals surface area contributed by atoms with E-state index in [1.54, 1.807) is 12.3 Å². The summed E-state index contributed by atoms with van der Waals surface area (Å²) in [4.78, 5) is 16.9. The first kappa shape index (κ1) is 17.9. The number of carbonyl (C=O) groups excluding carboxylic acids is 1. The summed E-state index contributed by atoms with van der Waals surface area (Å²) in [5, 5.41) is 3.73. The second-order valence-corrected chi connectivity index (χ2v) is 5.81. The lowest BCUT2D eigenvalue weighted by molar-refractivity contribution is -0.0767. The van der Waals surface area contributed by atoms with Gasteiger partial charge in [-0.2, -0.15) is 0 Å². The minimum absolute atomic E-state index is 0.162. The van der Waals surface area contributed by atoms with Crippen molar-refractivity contribution in [3.63, 3.8) is 0 Å². The number of aromatic nitrogens is 1. The van der Waals surface area contributed by atoms with Crippen LogP contribution in [0.1, 0.15) is 30.6 Å². The van der Waals surface area contributed by atoms with Crippen LogP contribution in [-0.2, 0) is 4.74 Å². The molecule has 2 aromatic carbocycles. The van der Waals surface area contributed by atoms with Crippen LogP contribution in [0.5, 0.6) is 5.75 Å². The van der Waals surface area contributed by atoms with Crippen molar-refractivity contribution in [3.05, 3.63) is 66.4 Å². The summed E-state index contributed by atoms with van der Waals surface area (Å²) in [5.41, 5.74) is 2.13. The Morgan fingerprint density at radius 1 is 1.12 bits per heavy atom. The minimum Gasteiger partial charge on any atom is -0.463 e. The van der Waals surface area contributed by atoms with Gasteiger partial charge in [-0.25, -0.2) is 0 Å². The Bertz CT molecular complexity index is 881. The maximum absolute atomic E-state index is 12.5. The highest BCUT2D eigenvalue weighted by molar-refractivity contribution is 6.06. The molecule has 1 unspecified atom stereocenters. The lowest BCUT2D eigenvalue weighted by Crippen LogP contribution is -2.19. The number of fused-ring (bicyclic) bond motifs is 1. The first-order chi connectivity index (χ1) is 12.7. The summed E-state index contributed by atoms with van der Waals surface area (Å²) >= 11 is 0. The molecule has 0 aliphatic carbocycles. The zero-order chi connectivity index (χ0) is 18.4. The Kier molecular flexibility index (Phi) is 5.81. The molecule has 0 fully saturated rings. The molecule has 3 rings (SSSR count). The monoisotopic (exact) mass is 350 g/mol. The van der Waals surface area contributed by atoms with Crippen LogP contribution >= 0.6 is 0 Å². The normalized spacial score (nSPS) is 11.9. The third-order valence-electron chi connectivity index (χ3n) is 3.90. The molecule has 5 nitrogen and oxygen atoms in total. The van der Waals surface area contributed by atoms with E-state index in [4.69, 9.17) is 9.47 Å². The molecular weight excluding hydrogens is 328 g/mol. The standard InChI is InChI=1S/C21H22N2O3/c1-3-20(25-4-2)26-18-13-16-12-15(10-11-19(16)22-14-18)21(24)23-17-8-6-5-7-9-17/h5-14,20H,3-4H2,1-2H3,(H,23,24). The molecule has 0 saturated heterocycles. The van der Waals surface area contributed by atoms with Crippen molar-refractivity contribution >= 4 is 22.5 Å². The van der Waals surface area contributed by atoms with Crippen LogP contribution in [-0.4, -0.2) is 23.8 Å². The Labute approximate surface area is 153 Å². The molecule has 0 bridgehead atoms. The molecule has 3 aromatic rings. The maximum atomic E-state index is 12.5. The number of para-hydroxylation sites is 1. The van der Waals surface area contributed by atoms with Gasteiger partial charge in [0.1, 0.15) is 5.75 Å². The van der Waals surface area contributed by atoms with Crippen LogP contribution < -0.4 is 10.1 Å². The van der Waals surface area contributed by atoms with Crippen molar-refractivity contribution in [2.45, 2.75) is 26.6 Å². The second-order valence-electron chi connectivity index (χ2n) is 5.81. The van der Waals surface area contributed by atoms with E-state index in [1.165, 1.54) is 0 Å². The van der Waals surface area contributed by atoms with Gasteiger partial charge in [0, 0.05) is 29.7 Å². The van der Waals surface area contributed by atoms with Gasteiger partial charge in [0.15, 0.2) is 6.29 Å². The van der Waals surface area contributed by atoms with Crippen molar-refractivity contribution in [1.82, 2.24) is 4.98 Å². The Morgan fingerprint density at radius 3 is 2.65 bits per heavy atom. The fourth-order valence-electron chi connectivity index (χ4n) is 2.61. The molecule has 1 atom stereocenters. The van der Waals surface area contributed by atoms with Crippen LogP contribution in [0.15, 0.2) is 60.8 Å². The van der Waals surface area contributed by atoms with E-state index < -0.39 is 0 Å². The Balaban J connectivity index is 1.81. The number of hydrogen-bond donors (Lipinski definition) is 1. The van der Waals surface area contributed by atoms with E-state index in [2.05, 4.69) is 10.3 Å². The summed E-state index contributed by atoms with van der Waals surface area (Å²) in [5.74, 6) is 0.462. The SMILES string of the molecule is CCOC(CC)Oc1cnc2ccc(C(=O)Nc3ccccc3)cc2c1. The van der Waals surface area contributed by atoms with Gasteiger partial charge < -0.3 is 14.8 Å². The van der Waals surface area contributed by atoms with Crippen LogP contribution in [0, 0.1) is 0 Å². The topological polar surface area (TPSA) is 60.5 Å². The number of pyridine rings is 1. The smallest absolute Gasteiger partial charge is 0.255 e. The third-order valence-corrected chi connectivity index (χ3v) is 3.90. The minimum atomic E-state index is -0.302. The number of nitrogens with zero attached hydrogens (tertiary/aromatic N) is 1. The van der Waals surface area contributed by atoms with E-state index in [1.807, 2.05) is 62.4 Å². The molecule has 1 aromatic heterocycles. The molecule has 1 amide bonds. The molecule has 0 aliphatic heterocycles. The highest BCUT2D eigenvalue weighted by atomic mass is 16.7. The summed E-state index contributed by atoms with van der Waals surface area (Å²) < 4.78 is 11.3. The number of rotatable bonds is 7. The van der Waals surface area contributed by atoms with E-state index in [0.717, 1.165) is 23.0 Å². The van der Waals surface area contributed by atoms with Crippen molar-refractivity contribution in [3.8, 4) is 5.75 Å². The van der Waals surface area contributed by atoms with Gasteiger partial charge in [0.2, 0.25) is 0 Å². The third kappa shape index (κ3) is 4.37. The number of nitrogens with one attached hydrogen (secondary N) is 1. The first-order valence-electron chi connectivity index (χ1n) is 8.74. The average Bonchev–Trinajstić information content (AvgIpc) is 2.67. The number of amides is 1. The zero-order valence-corrected chi connectivity index (χ0v) is 14.9. The Hall–Kier alpha value is -2.92. The molecule has 134 valence electrons. The van der Waals surface area contributed by atoms with E-state index >= 15 is 0 Å². The van der Waals surface area contributed by atoms with E-state index in [0.29, 0.717) is 17.9 Å². The lowest BCUT2D eigenvalue weighted by Gasteiger charge is -2.17. The summed E-state index contributed by atoms with van der Waals surface area (Å²) in [6, 6.07) is 16.7. The number of anilines is 1. The van der Waals surface area contributed by atoms with E-state index in [9.17, 15) is 4.79 Å². The molecule has 0 spiro atoms. The molecule has 26 heavy (non-hydrogen) atoms. The summed E-state index contributed by atoms with van der Waals surface area (Å²) in [7, 11) is 0. The van der Waals surface area contributed by atoms with Crippen LogP contribution in [0.25, 0.3) is 10.9 Å². The predicted octanol–water partition coefficient (Wildman–Crippen LogP) is 4.64. The van der Waals surface area contributed by atoms with Crippen LogP contribution in [0.4, 0.5) is 5.69 Å². The van der Waals surface area contributed by atoms with Gasteiger partial charge in [-0.05, 0) is 43.3 Å². The van der Waals surface area contributed by atoms with Gasteiger partial charge >= 0.3 is 0 Å². The predicted molar refractivity (Wildman–Crippen MR) is 102 cm³/mol. The van der Waals surface area contributed by atoms with E-state index in [-0.39, 0.29) is 12.2 Å². The molecule has 0 radical (unpaired) electrons. The molecule has 1 heterocycles. The lowest BCUT2D eigenvalue weighted by atomic mass is 10.1. The quantitative estimate of drug-likeness (QED) is 0.631. The average molecular weight is 350 g/mol. The fourth-order valence-corrected chi connectivity index (χ4v) is 2.61. The van der Waals surface area contributed by atoms with Gasteiger partial charge in [-0.1, -0.05) is 25.1 Å². The number of benzene rings is 2. The number of carbonyl (C=O) groups is 1. The van der Waals surface area contributed by atoms with Gasteiger partial charge in [-0.15, -0.1) is 0 Å².